The zero-order chi connectivity index (χ0) is 22.1. The van der Waals surface area contributed by atoms with E-state index in [2.05, 4.69) is 114 Å². The first-order valence-corrected chi connectivity index (χ1v) is 12.2. The average molecular weight is 574 g/mol. The number of aryl methyl sites for hydroxylation is 3. The van der Waals surface area contributed by atoms with E-state index in [1.165, 1.54) is 60.8 Å². The van der Waals surface area contributed by atoms with Crippen LogP contribution in [0.3, 0.4) is 0 Å². The Morgan fingerprint density at radius 3 is 1.80 bits per heavy atom. The summed E-state index contributed by atoms with van der Waals surface area (Å²) in [6.07, 6.45) is 0. The van der Waals surface area contributed by atoms with E-state index in [1.54, 1.807) is 0 Å². The smallest absolute Gasteiger partial charge is 1.00 e. The second-order valence-corrected chi connectivity index (χ2v) is 10.3. The fourth-order valence-electron chi connectivity index (χ4n) is 4.79. The third-order valence-electron chi connectivity index (χ3n) is 6.43. The molecule has 0 heterocycles. The van der Waals surface area contributed by atoms with Crippen LogP contribution in [-0.4, -0.2) is 9.52 Å². The molecular formula is C30H31Cl3SiTi. The minimum absolute atomic E-state index is 0. The van der Waals surface area contributed by atoms with Crippen molar-refractivity contribution < 1.29 is 58.9 Å². The van der Waals surface area contributed by atoms with Crippen molar-refractivity contribution >= 4 is 14.7 Å². The van der Waals surface area contributed by atoms with Crippen LogP contribution < -0.4 is 42.4 Å². The Morgan fingerprint density at radius 2 is 1.23 bits per heavy atom. The predicted molar refractivity (Wildman–Crippen MR) is 136 cm³/mol. The van der Waals surface area contributed by atoms with E-state index in [0.29, 0.717) is 15.1 Å². The molecule has 0 N–H and O–H groups in total. The van der Waals surface area contributed by atoms with Crippen molar-refractivity contribution in [1.82, 2.24) is 0 Å². The molecule has 4 aromatic rings. The molecule has 35 heavy (non-hydrogen) atoms. The van der Waals surface area contributed by atoms with Gasteiger partial charge in [-0.1, -0.05) is 127 Å². The predicted octanol–water partition coefficient (Wildman–Crippen LogP) is -1.95. The van der Waals surface area contributed by atoms with Gasteiger partial charge < -0.3 is 37.2 Å². The Bertz CT molecular complexity index is 1210. The minimum atomic E-state index is 0. The first-order chi connectivity index (χ1) is 14.8. The SMILES string of the molecule is Cc1cc(C)cc([Si]C(c2cccc(C)c2)[c-]2c(C)c(C)c(C)c2-c2ccccc2)c1.[Cl-].[Cl-].[Cl-].[Ti+4]. The third-order valence-corrected chi connectivity index (χ3v) is 7.97. The largest absolute Gasteiger partial charge is 4.00 e. The summed E-state index contributed by atoms with van der Waals surface area (Å²) < 4.78 is 0. The quantitative estimate of drug-likeness (QED) is 0.193. The molecule has 0 saturated carbocycles. The molecular weight excluding hydrogens is 543 g/mol. The summed E-state index contributed by atoms with van der Waals surface area (Å²) in [5.41, 5.74) is 14.3. The van der Waals surface area contributed by atoms with Gasteiger partial charge in [-0.15, -0.1) is 16.7 Å². The van der Waals surface area contributed by atoms with Crippen molar-refractivity contribution in [3.8, 4) is 11.1 Å². The summed E-state index contributed by atoms with van der Waals surface area (Å²) >= 11 is 0. The molecule has 5 heteroatoms. The summed E-state index contributed by atoms with van der Waals surface area (Å²) in [5.74, 6) is 0. The van der Waals surface area contributed by atoms with Crippen molar-refractivity contribution in [1.29, 1.82) is 0 Å². The zero-order valence-electron chi connectivity index (χ0n) is 21.1. The number of benzene rings is 3. The van der Waals surface area contributed by atoms with E-state index < -0.39 is 0 Å². The van der Waals surface area contributed by atoms with Crippen molar-refractivity contribution in [3.05, 3.63) is 117 Å². The summed E-state index contributed by atoms with van der Waals surface area (Å²) in [4.78, 5) is 0. The zero-order valence-corrected chi connectivity index (χ0v) is 26.0. The van der Waals surface area contributed by atoms with Crippen LogP contribution in [-0.2, 0) is 21.7 Å². The van der Waals surface area contributed by atoms with Crippen molar-refractivity contribution in [2.45, 2.75) is 47.1 Å². The number of halogens is 3. The summed E-state index contributed by atoms with van der Waals surface area (Å²) in [6, 6.07) is 27.1. The Kier molecular flexibility index (Phi) is 14.0. The first-order valence-electron chi connectivity index (χ1n) is 11.1. The normalized spacial score (nSPS) is 10.8. The van der Waals surface area contributed by atoms with Gasteiger partial charge in [0.05, 0.1) is 9.52 Å². The van der Waals surface area contributed by atoms with E-state index in [9.17, 15) is 0 Å². The fourth-order valence-corrected chi connectivity index (χ4v) is 6.60. The summed E-state index contributed by atoms with van der Waals surface area (Å²) in [7, 11) is 0.687. The van der Waals surface area contributed by atoms with Crippen molar-refractivity contribution in [3.63, 3.8) is 0 Å². The first kappa shape index (κ1) is 33.8. The van der Waals surface area contributed by atoms with Gasteiger partial charge in [-0.05, 0) is 26.3 Å². The topological polar surface area (TPSA) is 0 Å². The molecule has 0 aliphatic heterocycles. The molecule has 0 spiro atoms. The molecule has 0 saturated heterocycles. The van der Waals surface area contributed by atoms with Crippen molar-refractivity contribution in [2.24, 2.45) is 0 Å². The second kappa shape index (κ2) is 14.5. The van der Waals surface area contributed by atoms with E-state index in [1.807, 2.05) is 0 Å². The molecule has 4 rings (SSSR count). The minimum Gasteiger partial charge on any atom is -1.00 e. The number of rotatable bonds is 5. The van der Waals surface area contributed by atoms with Crippen LogP contribution in [0.4, 0.5) is 0 Å². The maximum atomic E-state index is 2.38. The van der Waals surface area contributed by atoms with Gasteiger partial charge in [-0.25, -0.2) is 0 Å². The fraction of sp³-hybridized carbons (Fsp3) is 0.233. The van der Waals surface area contributed by atoms with E-state index in [-0.39, 0.29) is 58.9 Å². The molecule has 180 valence electrons. The third kappa shape index (κ3) is 7.42. The van der Waals surface area contributed by atoms with Crippen LogP contribution in [0.5, 0.6) is 0 Å². The van der Waals surface area contributed by atoms with Crippen LogP contribution in [0, 0.1) is 41.5 Å². The van der Waals surface area contributed by atoms with Gasteiger partial charge in [-0.3, -0.25) is 0 Å². The monoisotopic (exact) mass is 572 g/mol. The van der Waals surface area contributed by atoms with Crippen LogP contribution in [0.2, 0.25) is 0 Å². The number of hydrogen-bond donors (Lipinski definition) is 0. The van der Waals surface area contributed by atoms with E-state index >= 15 is 0 Å². The molecule has 1 unspecified atom stereocenters. The molecule has 4 aromatic carbocycles. The van der Waals surface area contributed by atoms with Crippen LogP contribution >= 0.6 is 0 Å². The van der Waals surface area contributed by atoms with Gasteiger partial charge in [0.15, 0.2) is 0 Å². The van der Waals surface area contributed by atoms with Gasteiger partial charge in [0.25, 0.3) is 0 Å². The Balaban J connectivity index is 0.00000289. The number of hydrogen-bond acceptors (Lipinski definition) is 0. The average Bonchev–Trinajstić information content (AvgIpc) is 2.96. The van der Waals surface area contributed by atoms with Gasteiger partial charge >= 0.3 is 21.7 Å². The second-order valence-electron chi connectivity index (χ2n) is 8.90. The van der Waals surface area contributed by atoms with Crippen LogP contribution in [0.25, 0.3) is 11.1 Å². The molecule has 0 fully saturated rings. The molecule has 1 atom stereocenters. The van der Waals surface area contributed by atoms with Crippen molar-refractivity contribution in [2.75, 3.05) is 0 Å². The maximum absolute atomic E-state index is 2.38. The maximum Gasteiger partial charge on any atom is 4.00 e. The van der Waals surface area contributed by atoms with Gasteiger partial charge in [0, 0.05) is 0 Å². The molecule has 0 nitrogen and oxygen atoms in total. The molecule has 2 radical (unpaired) electrons. The van der Waals surface area contributed by atoms with Gasteiger partial charge in [0.2, 0.25) is 0 Å². The Morgan fingerprint density at radius 1 is 0.629 bits per heavy atom. The van der Waals surface area contributed by atoms with E-state index in [0.717, 1.165) is 0 Å². The molecule has 0 bridgehead atoms. The molecule has 0 aromatic heterocycles. The Labute approximate surface area is 247 Å². The van der Waals surface area contributed by atoms with Crippen LogP contribution in [0.15, 0.2) is 72.8 Å². The summed E-state index contributed by atoms with van der Waals surface area (Å²) in [6.45, 7) is 13.5. The van der Waals surface area contributed by atoms with E-state index in [4.69, 9.17) is 0 Å². The molecule has 0 aliphatic rings. The van der Waals surface area contributed by atoms with Gasteiger partial charge in [0.1, 0.15) is 0 Å². The standard InChI is InChI=1S/C30H31Si.3ClH.Ti/c1-19-11-10-14-26(16-19)30(31-27-17-20(2)15-21(3)18-27)29-24(6)22(4)23(5)28(29)25-12-8-7-9-13-25;;;;/h7-18,30H,1-6H3;3*1H;/q-1;;;;+4/p-3. The Hall–Kier alpha value is -1.19. The van der Waals surface area contributed by atoms with Gasteiger partial charge in [-0.2, -0.15) is 11.1 Å². The summed E-state index contributed by atoms with van der Waals surface area (Å²) in [5, 5.41) is 1.44. The molecule has 0 aliphatic carbocycles. The van der Waals surface area contributed by atoms with Crippen LogP contribution in [0.1, 0.15) is 50.0 Å². The molecule has 0 amide bonds.